The molecule has 0 aliphatic heterocycles. The molecule has 0 bridgehead atoms. The van der Waals surface area contributed by atoms with E-state index in [9.17, 15) is 35.0 Å². The Morgan fingerprint density at radius 2 is 1.39 bits per heavy atom. The maximum atomic E-state index is 12.2. The predicted octanol–water partition coefficient (Wildman–Crippen LogP) is 2.82. The van der Waals surface area contributed by atoms with Gasteiger partial charge >= 0.3 is 0 Å². The van der Waals surface area contributed by atoms with Gasteiger partial charge in [0.05, 0.1) is 33.8 Å². The van der Waals surface area contributed by atoms with Crippen molar-refractivity contribution >= 4 is 7.60 Å². The second kappa shape index (κ2) is 11.6. The number of aromatic hydroxyl groups is 5. The van der Waals surface area contributed by atoms with Gasteiger partial charge in [0.25, 0.3) is 0 Å². The first kappa shape index (κ1) is 26.8. The fourth-order valence-electron chi connectivity index (χ4n) is 3.59. The predicted molar refractivity (Wildman–Crippen MR) is 123 cm³/mol. The fraction of sp³-hybridized carbons (Fsp3) is 0.478. The van der Waals surface area contributed by atoms with E-state index in [-0.39, 0.29) is 24.3 Å². The molecule has 2 aromatic rings. The zero-order valence-electron chi connectivity index (χ0n) is 19.1. The second-order valence-electron chi connectivity index (χ2n) is 8.92. The lowest BCUT2D eigenvalue weighted by Gasteiger charge is -2.31. The summed E-state index contributed by atoms with van der Waals surface area (Å²) in [5.41, 5.74) is 1.49. The molecule has 10 heteroatoms. The van der Waals surface area contributed by atoms with Gasteiger partial charge in [-0.3, -0.25) is 0 Å². The second-order valence-corrected chi connectivity index (χ2v) is 10.8. The number of rotatable bonds is 13. The molecule has 0 fully saturated rings. The first-order valence-electron chi connectivity index (χ1n) is 10.9. The van der Waals surface area contributed by atoms with Gasteiger partial charge in [0.2, 0.25) is 0 Å². The summed E-state index contributed by atoms with van der Waals surface area (Å²) in [7, 11) is 0.109. The average molecular weight is 483 g/mol. The van der Waals surface area contributed by atoms with E-state index < -0.39 is 24.8 Å². The number of benzene rings is 2. The van der Waals surface area contributed by atoms with Crippen molar-refractivity contribution in [3.63, 3.8) is 0 Å². The first-order chi connectivity index (χ1) is 15.4. The van der Waals surface area contributed by atoms with Crippen LogP contribution in [0.5, 0.6) is 28.7 Å². The van der Waals surface area contributed by atoms with E-state index in [2.05, 4.69) is 0 Å². The minimum absolute atomic E-state index is 0.000896. The number of hydrogen-bond acceptors (Lipinski definition) is 8. The molecular weight excluding hydrogens is 449 g/mol. The number of phenolic OH excluding ortho intramolecular Hbond substituents is 5. The topological polar surface area (TPSA) is 151 Å². The quantitative estimate of drug-likeness (QED) is 0.126. The zero-order chi connectivity index (χ0) is 24.6. The minimum atomic E-state index is -3.96. The molecule has 0 aromatic heterocycles. The van der Waals surface area contributed by atoms with E-state index in [4.69, 9.17) is 4.52 Å². The van der Waals surface area contributed by atoms with Crippen molar-refractivity contribution in [1.82, 2.24) is 0 Å². The molecule has 33 heavy (non-hydrogen) atoms. The van der Waals surface area contributed by atoms with Crippen molar-refractivity contribution in [1.29, 1.82) is 0 Å². The van der Waals surface area contributed by atoms with Crippen LogP contribution in [0.25, 0.3) is 0 Å². The molecule has 0 heterocycles. The van der Waals surface area contributed by atoms with Crippen LogP contribution in [-0.2, 0) is 21.9 Å². The van der Waals surface area contributed by atoms with Crippen LogP contribution in [0.15, 0.2) is 30.3 Å². The lowest BCUT2D eigenvalue weighted by Crippen LogP contribution is -2.41. The highest BCUT2D eigenvalue weighted by molar-refractivity contribution is 7.51. The van der Waals surface area contributed by atoms with Gasteiger partial charge < -0.3 is 44.0 Å². The third kappa shape index (κ3) is 9.14. The molecule has 9 nitrogen and oxygen atoms in total. The molecule has 1 unspecified atom stereocenters. The summed E-state index contributed by atoms with van der Waals surface area (Å²) in [5.74, 6) is -1.71. The zero-order valence-corrected chi connectivity index (χ0v) is 20.0. The van der Waals surface area contributed by atoms with Crippen molar-refractivity contribution in [2.45, 2.75) is 32.1 Å². The van der Waals surface area contributed by atoms with Crippen molar-refractivity contribution in [3.8, 4) is 28.7 Å². The van der Waals surface area contributed by atoms with Crippen LogP contribution in [0, 0.1) is 0 Å². The highest BCUT2D eigenvalue weighted by Crippen LogP contribution is 2.38. The van der Waals surface area contributed by atoms with E-state index in [1.54, 1.807) is 12.1 Å². The Kier molecular flexibility index (Phi) is 9.43. The Hall–Kier alpha value is -2.45. The maximum Gasteiger partial charge on any atom is 0.200 e. The largest absolute Gasteiger partial charge is 0.778 e. The molecule has 2 aromatic carbocycles. The smallest absolute Gasteiger partial charge is 0.200 e. The third-order valence-electron chi connectivity index (χ3n) is 5.49. The van der Waals surface area contributed by atoms with Crippen molar-refractivity contribution in [2.24, 2.45) is 0 Å². The summed E-state index contributed by atoms with van der Waals surface area (Å²) < 4.78 is 17.9. The Labute approximate surface area is 194 Å². The van der Waals surface area contributed by atoms with E-state index in [0.717, 1.165) is 24.9 Å². The first-order valence-corrected chi connectivity index (χ1v) is 12.6. The summed E-state index contributed by atoms with van der Waals surface area (Å²) in [6, 6.07) is 7.42. The molecule has 0 saturated carbocycles. The normalized spacial score (nSPS) is 13.7. The van der Waals surface area contributed by atoms with Crippen LogP contribution in [0.3, 0.4) is 0 Å². The summed E-state index contributed by atoms with van der Waals surface area (Å²) in [6.45, 7) is 1.50. The lowest BCUT2D eigenvalue weighted by molar-refractivity contribution is -0.890. The van der Waals surface area contributed by atoms with Crippen LogP contribution in [0.1, 0.15) is 30.4 Å². The highest BCUT2D eigenvalue weighted by Gasteiger charge is 2.17. The summed E-state index contributed by atoms with van der Waals surface area (Å²) in [5, 5.41) is 47.3. The molecule has 0 aliphatic carbocycles. The summed E-state index contributed by atoms with van der Waals surface area (Å²) >= 11 is 0. The van der Waals surface area contributed by atoms with Crippen LogP contribution < -0.4 is 4.89 Å². The van der Waals surface area contributed by atoms with Gasteiger partial charge in [-0.2, -0.15) is 0 Å². The average Bonchev–Trinajstić information content (AvgIpc) is 2.71. The Bertz CT molecular complexity index is 956. The van der Waals surface area contributed by atoms with E-state index >= 15 is 0 Å². The Morgan fingerprint density at radius 1 is 0.818 bits per heavy atom. The highest BCUT2D eigenvalue weighted by atomic mass is 31.2. The SMILES string of the molecule is C[N+](C)(CCCc1ccc(O)c(O)c1)CCCP(=O)([O-])OCCCc1cc(O)c(O)c(O)c1. The Morgan fingerprint density at radius 3 is 2.03 bits per heavy atom. The van der Waals surface area contributed by atoms with E-state index in [0.29, 0.717) is 35.9 Å². The summed E-state index contributed by atoms with van der Waals surface area (Å²) in [6.07, 6.45) is 2.77. The van der Waals surface area contributed by atoms with Crippen molar-refractivity contribution < 1.29 is 44.0 Å². The molecule has 0 amide bonds. The Balaban J connectivity index is 1.66. The number of aryl methyl sites for hydroxylation is 2. The molecule has 0 radical (unpaired) electrons. The molecule has 2 rings (SSSR count). The maximum absolute atomic E-state index is 12.2. The standard InChI is InChI=1S/C23H34NO8P/c1-24(2,10-3-6-17-8-9-19(25)20(26)14-17)11-5-13-33(30,31)32-12-4-7-18-15-21(27)23(29)22(28)16-18/h8-9,14-16H,3-7,10-13H2,1-2H3,(H5-,25,26,27,28,29,30,31). The van der Waals surface area contributed by atoms with Gasteiger partial charge in [-0.1, -0.05) is 6.07 Å². The minimum Gasteiger partial charge on any atom is -0.778 e. The number of hydrogen-bond donors (Lipinski definition) is 5. The van der Waals surface area contributed by atoms with Gasteiger partial charge in [0.15, 0.2) is 28.7 Å². The van der Waals surface area contributed by atoms with Gasteiger partial charge in [-0.05, 0) is 54.7 Å². The van der Waals surface area contributed by atoms with Gasteiger partial charge in [-0.15, -0.1) is 0 Å². The van der Waals surface area contributed by atoms with Gasteiger partial charge in [0, 0.05) is 19.0 Å². The third-order valence-corrected chi connectivity index (χ3v) is 6.93. The molecule has 0 aliphatic rings. The van der Waals surface area contributed by atoms with E-state index in [1.807, 2.05) is 14.1 Å². The van der Waals surface area contributed by atoms with E-state index in [1.165, 1.54) is 18.2 Å². The summed E-state index contributed by atoms with van der Waals surface area (Å²) in [4.78, 5) is 12.2. The van der Waals surface area contributed by atoms with Gasteiger partial charge in [0.1, 0.15) is 7.60 Å². The molecule has 184 valence electrons. The lowest BCUT2D eigenvalue weighted by atomic mass is 10.1. The number of quaternary nitrogens is 1. The van der Waals surface area contributed by atoms with Gasteiger partial charge in [-0.25, -0.2) is 0 Å². The van der Waals surface area contributed by atoms with Crippen LogP contribution >= 0.6 is 7.60 Å². The van der Waals surface area contributed by atoms with Crippen LogP contribution in [0.4, 0.5) is 0 Å². The number of nitrogens with zero attached hydrogens (tertiary/aromatic N) is 1. The molecule has 0 saturated heterocycles. The monoisotopic (exact) mass is 483 g/mol. The van der Waals surface area contributed by atoms with Crippen LogP contribution in [-0.4, -0.2) is 70.0 Å². The molecule has 0 spiro atoms. The molecule has 5 N–H and O–H groups in total. The van der Waals surface area contributed by atoms with Crippen molar-refractivity contribution in [3.05, 3.63) is 41.5 Å². The molecular formula is C23H34NO8P. The van der Waals surface area contributed by atoms with Crippen molar-refractivity contribution in [2.75, 3.05) is 40.0 Å². The molecule has 1 atom stereocenters. The fourth-order valence-corrected chi connectivity index (χ4v) is 4.65. The number of phenols is 5. The van der Waals surface area contributed by atoms with Crippen LogP contribution in [0.2, 0.25) is 0 Å².